The number of hydrogen-bond donors (Lipinski definition) is 3. The second kappa shape index (κ2) is 6.26. The standard InChI is InChI=1S/C14H11F3N6O2/c1-25-8-4-2-3-7(5-8)9-6-10(21-20-9)11(24)18-13-19-12(22-23-13)14(15,16)17/h2-6H,1H3,(H,20,21)(H2,18,19,22,23,24). The highest BCUT2D eigenvalue weighted by molar-refractivity contribution is 6.02. The van der Waals surface area contributed by atoms with Gasteiger partial charge in [0.1, 0.15) is 11.4 Å². The van der Waals surface area contributed by atoms with Crippen LogP contribution >= 0.6 is 0 Å². The van der Waals surface area contributed by atoms with Crippen LogP contribution in [-0.4, -0.2) is 38.4 Å². The van der Waals surface area contributed by atoms with Crippen molar-refractivity contribution >= 4 is 11.9 Å². The van der Waals surface area contributed by atoms with Crippen LogP contribution in [0.15, 0.2) is 30.3 Å². The van der Waals surface area contributed by atoms with E-state index in [1.165, 1.54) is 13.2 Å². The van der Waals surface area contributed by atoms with Gasteiger partial charge in [-0.15, -0.1) is 5.10 Å². The number of nitrogens with one attached hydrogen (secondary N) is 3. The number of aromatic amines is 2. The van der Waals surface area contributed by atoms with Crippen molar-refractivity contribution < 1.29 is 22.7 Å². The molecule has 3 aromatic rings. The minimum absolute atomic E-state index is 0.0381. The molecule has 11 heteroatoms. The summed E-state index contributed by atoms with van der Waals surface area (Å²) in [6, 6.07) is 8.45. The molecule has 2 heterocycles. The molecule has 2 aromatic heterocycles. The van der Waals surface area contributed by atoms with E-state index in [1.807, 2.05) is 0 Å². The summed E-state index contributed by atoms with van der Waals surface area (Å²) in [6.45, 7) is 0. The van der Waals surface area contributed by atoms with E-state index >= 15 is 0 Å². The molecule has 0 spiro atoms. The lowest BCUT2D eigenvalue weighted by Crippen LogP contribution is -2.14. The summed E-state index contributed by atoms with van der Waals surface area (Å²) < 4.78 is 42.4. The van der Waals surface area contributed by atoms with Gasteiger partial charge in [-0.2, -0.15) is 23.3 Å². The zero-order valence-electron chi connectivity index (χ0n) is 12.7. The van der Waals surface area contributed by atoms with Crippen LogP contribution in [-0.2, 0) is 6.18 Å². The van der Waals surface area contributed by atoms with Gasteiger partial charge in [0.15, 0.2) is 0 Å². The molecule has 0 bridgehead atoms. The molecule has 0 saturated carbocycles. The molecule has 0 aliphatic rings. The van der Waals surface area contributed by atoms with E-state index in [-0.39, 0.29) is 5.69 Å². The van der Waals surface area contributed by atoms with Crippen LogP contribution in [0.5, 0.6) is 5.75 Å². The first-order valence-corrected chi connectivity index (χ1v) is 6.87. The van der Waals surface area contributed by atoms with Crippen molar-refractivity contribution in [1.29, 1.82) is 0 Å². The Morgan fingerprint density at radius 2 is 2.00 bits per heavy atom. The fourth-order valence-electron chi connectivity index (χ4n) is 1.98. The molecule has 1 amide bonds. The third-order valence-electron chi connectivity index (χ3n) is 3.17. The maximum atomic E-state index is 12.4. The number of H-pyrrole nitrogens is 2. The largest absolute Gasteiger partial charge is 0.497 e. The number of benzene rings is 1. The molecular formula is C14H11F3N6O2. The number of alkyl halides is 3. The zero-order valence-corrected chi connectivity index (χ0v) is 12.7. The monoisotopic (exact) mass is 352 g/mol. The Bertz CT molecular complexity index is 902. The molecule has 0 saturated heterocycles. The Morgan fingerprint density at radius 3 is 2.68 bits per heavy atom. The van der Waals surface area contributed by atoms with Gasteiger partial charge in [0.25, 0.3) is 5.91 Å². The summed E-state index contributed by atoms with van der Waals surface area (Å²) in [7, 11) is 1.52. The Kier molecular flexibility index (Phi) is 4.13. The molecule has 0 unspecified atom stereocenters. The quantitative estimate of drug-likeness (QED) is 0.668. The number of carbonyl (C=O) groups excluding carboxylic acids is 1. The van der Waals surface area contributed by atoms with Crippen molar-refractivity contribution in [3.63, 3.8) is 0 Å². The molecule has 3 N–H and O–H groups in total. The first-order valence-electron chi connectivity index (χ1n) is 6.87. The molecule has 130 valence electrons. The van der Waals surface area contributed by atoms with Gasteiger partial charge >= 0.3 is 6.18 Å². The lowest BCUT2D eigenvalue weighted by Gasteiger charge is -2.01. The van der Waals surface area contributed by atoms with Crippen LogP contribution in [0.2, 0.25) is 0 Å². The minimum atomic E-state index is -4.68. The fraction of sp³-hybridized carbons (Fsp3) is 0.143. The summed E-state index contributed by atoms with van der Waals surface area (Å²) >= 11 is 0. The van der Waals surface area contributed by atoms with E-state index in [0.717, 1.165) is 0 Å². The normalized spacial score (nSPS) is 11.4. The average Bonchev–Trinajstić information content (AvgIpc) is 3.24. The molecule has 0 radical (unpaired) electrons. The number of ether oxygens (including phenoxy) is 1. The highest BCUT2D eigenvalue weighted by atomic mass is 19.4. The van der Waals surface area contributed by atoms with E-state index in [9.17, 15) is 18.0 Å². The van der Waals surface area contributed by atoms with Crippen LogP contribution in [0, 0.1) is 0 Å². The predicted octanol–water partition coefficient (Wildman–Crippen LogP) is 2.47. The van der Waals surface area contributed by atoms with Gasteiger partial charge in [-0.25, -0.2) is 0 Å². The maximum Gasteiger partial charge on any atom is 0.451 e. The van der Waals surface area contributed by atoms with Gasteiger partial charge in [-0.1, -0.05) is 12.1 Å². The van der Waals surface area contributed by atoms with E-state index in [0.29, 0.717) is 17.0 Å². The third kappa shape index (κ3) is 3.59. The number of amides is 1. The highest BCUT2D eigenvalue weighted by Gasteiger charge is 2.35. The first-order chi connectivity index (χ1) is 11.9. The Hall–Kier alpha value is -3.37. The second-order valence-corrected chi connectivity index (χ2v) is 4.86. The van der Waals surface area contributed by atoms with Crippen LogP contribution in [0.25, 0.3) is 11.3 Å². The Labute approximate surface area is 138 Å². The SMILES string of the molecule is COc1cccc(-c2cc(C(=O)Nc3n[nH]c(C(F)(F)F)n3)[nH]n2)c1. The molecule has 0 aliphatic carbocycles. The van der Waals surface area contributed by atoms with Crippen molar-refractivity contribution in [2.24, 2.45) is 0 Å². The number of aromatic nitrogens is 5. The number of methoxy groups -OCH3 is 1. The summed E-state index contributed by atoms with van der Waals surface area (Å²) in [5.74, 6) is -1.90. The minimum Gasteiger partial charge on any atom is -0.497 e. The topological polar surface area (TPSA) is 109 Å². The number of anilines is 1. The summed E-state index contributed by atoms with van der Waals surface area (Å²) in [5.41, 5.74) is 1.21. The number of carbonyl (C=O) groups is 1. The van der Waals surface area contributed by atoms with Gasteiger partial charge in [-0.3, -0.25) is 20.3 Å². The summed E-state index contributed by atoms with van der Waals surface area (Å²) in [6.07, 6.45) is -4.68. The van der Waals surface area contributed by atoms with Crippen molar-refractivity contribution in [2.45, 2.75) is 6.18 Å². The number of rotatable bonds is 4. The maximum absolute atomic E-state index is 12.4. The lowest BCUT2D eigenvalue weighted by molar-refractivity contribution is -0.144. The number of halogens is 3. The Morgan fingerprint density at radius 1 is 1.20 bits per heavy atom. The molecule has 25 heavy (non-hydrogen) atoms. The molecule has 8 nitrogen and oxygen atoms in total. The average molecular weight is 352 g/mol. The zero-order chi connectivity index (χ0) is 18.0. The van der Waals surface area contributed by atoms with Crippen molar-refractivity contribution in [1.82, 2.24) is 25.4 Å². The molecule has 0 aliphatic heterocycles. The number of nitrogens with zero attached hydrogens (tertiary/aromatic N) is 3. The van der Waals surface area contributed by atoms with Crippen molar-refractivity contribution in [3.05, 3.63) is 41.9 Å². The highest BCUT2D eigenvalue weighted by Crippen LogP contribution is 2.26. The van der Waals surface area contributed by atoms with Crippen LogP contribution in [0.4, 0.5) is 19.1 Å². The fourth-order valence-corrected chi connectivity index (χ4v) is 1.98. The lowest BCUT2D eigenvalue weighted by atomic mass is 10.1. The second-order valence-electron chi connectivity index (χ2n) is 4.86. The summed E-state index contributed by atoms with van der Waals surface area (Å²) in [5, 5.41) is 13.7. The van der Waals surface area contributed by atoms with Gasteiger partial charge in [-0.05, 0) is 18.2 Å². The van der Waals surface area contributed by atoms with Crippen molar-refractivity contribution in [2.75, 3.05) is 12.4 Å². The van der Waals surface area contributed by atoms with Crippen LogP contribution in [0.3, 0.4) is 0 Å². The molecule has 3 rings (SSSR count). The first kappa shape index (κ1) is 16.5. The van der Waals surface area contributed by atoms with Gasteiger partial charge in [0.05, 0.1) is 12.8 Å². The van der Waals surface area contributed by atoms with E-state index in [4.69, 9.17) is 4.74 Å². The summed E-state index contributed by atoms with van der Waals surface area (Å²) in [4.78, 5) is 15.2. The van der Waals surface area contributed by atoms with Gasteiger partial charge < -0.3 is 4.74 Å². The predicted molar refractivity (Wildman–Crippen MR) is 79.9 cm³/mol. The Balaban J connectivity index is 1.75. The molecule has 0 fully saturated rings. The number of hydrogen-bond acceptors (Lipinski definition) is 5. The molecule has 0 atom stereocenters. The van der Waals surface area contributed by atoms with Gasteiger partial charge in [0, 0.05) is 5.56 Å². The van der Waals surface area contributed by atoms with Gasteiger partial charge in [0.2, 0.25) is 11.8 Å². The molecule has 1 aromatic carbocycles. The smallest absolute Gasteiger partial charge is 0.451 e. The van der Waals surface area contributed by atoms with E-state index in [1.54, 1.807) is 29.4 Å². The molecular weight excluding hydrogens is 341 g/mol. The van der Waals surface area contributed by atoms with Crippen molar-refractivity contribution in [3.8, 4) is 17.0 Å². The third-order valence-corrected chi connectivity index (χ3v) is 3.17. The van der Waals surface area contributed by atoms with E-state index in [2.05, 4.69) is 25.6 Å². The van der Waals surface area contributed by atoms with Crippen LogP contribution < -0.4 is 10.1 Å². The van der Waals surface area contributed by atoms with E-state index < -0.39 is 23.9 Å². The van der Waals surface area contributed by atoms with Crippen LogP contribution in [0.1, 0.15) is 16.3 Å².